The van der Waals surface area contributed by atoms with Gasteiger partial charge in [0, 0.05) is 12.1 Å². The van der Waals surface area contributed by atoms with Crippen LogP contribution >= 0.6 is 0 Å². The molecule has 43 heavy (non-hydrogen) atoms. The molecule has 2 amide bonds. The molecule has 0 aliphatic carbocycles. The number of primary amides is 1. The molecule has 1 unspecified atom stereocenters. The molecular weight excluding hydrogens is 549 g/mol. The van der Waals surface area contributed by atoms with Crippen molar-refractivity contribution in [2.75, 3.05) is 13.1 Å². The number of H-pyrrole nitrogens is 2. The van der Waals surface area contributed by atoms with Gasteiger partial charge in [0.05, 0.1) is 35.9 Å². The van der Waals surface area contributed by atoms with Crippen molar-refractivity contribution in [2.24, 2.45) is 11.7 Å². The highest BCUT2D eigenvalue weighted by Crippen LogP contribution is 2.34. The molecule has 2 aliphatic heterocycles. The van der Waals surface area contributed by atoms with E-state index in [0.717, 1.165) is 60.4 Å². The first-order chi connectivity index (χ1) is 20.8. The zero-order valence-corrected chi connectivity index (χ0v) is 24.3. The maximum absolute atomic E-state index is 15.2. The van der Waals surface area contributed by atoms with Crippen LogP contribution < -0.4 is 11.1 Å². The number of aromatic nitrogens is 4. The Morgan fingerprint density at radius 1 is 0.953 bits per heavy atom. The average molecular weight is 586 g/mol. The standard InChI is InChI=1S/C32H36FN7O3/c1-18(2)28(43-32(34)42)31(41)40-14-4-6-27(40)30-37-16-25(38-30)20-9-7-19(8-10-20)21-11-12-22(23(33)15-21)26-17-36-29(39-26)24-5-3-13-35-24/h7-12,15-18,24,27-28,35H,3-6,13-14H2,1-2H3,(H2,34,42)(H,36,39)(H,37,38)/t24?,27-,28-/m0/s1. The summed E-state index contributed by atoms with van der Waals surface area (Å²) in [6.07, 6.45) is 5.24. The number of imidazole rings is 2. The Balaban J connectivity index is 1.16. The number of aromatic amines is 2. The summed E-state index contributed by atoms with van der Waals surface area (Å²) in [5.74, 6) is 0.725. The second kappa shape index (κ2) is 12.0. The number of nitrogens with one attached hydrogen (secondary N) is 3. The van der Waals surface area contributed by atoms with E-state index < -0.39 is 12.2 Å². The first kappa shape index (κ1) is 28.6. The third kappa shape index (κ3) is 5.90. The van der Waals surface area contributed by atoms with Gasteiger partial charge in [-0.2, -0.15) is 0 Å². The monoisotopic (exact) mass is 585 g/mol. The number of carbonyl (C=O) groups is 2. The normalized spacial score (nSPS) is 19.2. The van der Waals surface area contributed by atoms with Gasteiger partial charge in [-0.1, -0.05) is 44.2 Å². The van der Waals surface area contributed by atoms with Gasteiger partial charge in [0.1, 0.15) is 17.5 Å². The number of likely N-dealkylation sites (tertiary alicyclic amines) is 1. The summed E-state index contributed by atoms with van der Waals surface area (Å²) < 4.78 is 20.3. The van der Waals surface area contributed by atoms with Crippen LogP contribution in [0.4, 0.5) is 9.18 Å². The fourth-order valence-corrected chi connectivity index (χ4v) is 6.05. The van der Waals surface area contributed by atoms with Gasteiger partial charge in [0.15, 0.2) is 6.10 Å². The Bertz CT molecular complexity index is 1610. The summed E-state index contributed by atoms with van der Waals surface area (Å²) in [7, 11) is 0. The number of nitrogens with two attached hydrogens (primary N) is 1. The number of benzene rings is 2. The Morgan fingerprint density at radius 3 is 2.35 bits per heavy atom. The highest BCUT2D eigenvalue weighted by atomic mass is 19.1. The van der Waals surface area contributed by atoms with Gasteiger partial charge in [-0.05, 0) is 67.0 Å². The molecule has 0 spiro atoms. The van der Waals surface area contributed by atoms with Gasteiger partial charge < -0.3 is 30.7 Å². The largest absolute Gasteiger partial charge is 0.436 e. The number of hydrogen-bond acceptors (Lipinski definition) is 6. The fourth-order valence-electron chi connectivity index (χ4n) is 6.05. The Hall–Kier alpha value is -4.51. The molecule has 0 bridgehead atoms. The van der Waals surface area contributed by atoms with E-state index in [1.165, 1.54) is 0 Å². The summed E-state index contributed by atoms with van der Waals surface area (Å²) in [4.78, 5) is 42.0. The van der Waals surface area contributed by atoms with Gasteiger partial charge in [-0.3, -0.25) is 4.79 Å². The van der Waals surface area contributed by atoms with Gasteiger partial charge in [0.2, 0.25) is 0 Å². The van der Waals surface area contributed by atoms with Crippen molar-refractivity contribution < 1.29 is 18.7 Å². The highest BCUT2D eigenvalue weighted by Gasteiger charge is 2.38. The Morgan fingerprint density at radius 2 is 1.65 bits per heavy atom. The van der Waals surface area contributed by atoms with E-state index in [0.29, 0.717) is 23.6 Å². The van der Waals surface area contributed by atoms with Crippen LogP contribution in [0.3, 0.4) is 0 Å². The molecule has 6 rings (SSSR count). The molecule has 5 N–H and O–H groups in total. The SMILES string of the molecule is CC(C)[C@H](OC(N)=O)C(=O)N1CCC[C@H]1c1ncc(-c2ccc(-c3ccc(-c4cnc(C5CCCN5)[nH]4)c(F)c3)cc2)[nH]1. The first-order valence-corrected chi connectivity index (χ1v) is 14.8. The van der Waals surface area contributed by atoms with Crippen LogP contribution in [0.5, 0.6) is 0 Å². The molecule has 2 aromatic heterocycles. The van der Waals surface area contributed by atoms with Crippen molar-refractivity contribution in [2.45, 2.75) is 57.7 Å². The molecule has 0 saturated carbocycles. The van der Waals surface area contributed by atoms with Crippen molar-refractivity contribution in [1.29, 1.82) is 0 Å². The summed E-state index contributed by atoms with van der Waals surface area (Å²) in [6, 6.07) is 13.0. The van der Waals surface area contributed by atoms with Crippen molar-refractivity contribution in [3.05, 3.63) is 72.3 Å². The Kier molecular flexibility index (Phi) is 7.98. The van der Waals surface area contributed by atoms with E-state index in [-0.39, 0.29) is 29.7 Å². The van der Waals surface area contributed by atoms with E-state index in [4.69, 9.17) is 10.5 Å². The van der Waals surface area contributed by atoms with Gasteiger partial charge in [0.25, 0.3) is 5.91 Å². The minimum atomic E-state index is -0.964. The lowest BCUT2D eigenvalue weighted by atomic mass is 10.0. The quantitative estimate of drug-likeness (QED) is 0.216. The Labute approximate surface area is 249 Å². The number of carbonyl (C=O) groups excluding carboxylic acids is 2. The van der Waals surface area contributed by atoms with Crippen LogP contribution in [-0.4, -0.2) is 56.0 Å². The van der Waals surface area contributed by atoms with Gasteiger partial charge >= 0.3 is 6.09 Å². The van der Waals surface area contributed by atoms with Crippen LogP contribution in [0.2, 0.25) is 0 Å². The molecule has 3 atom stereocenters. The van der Waals surface area contributed by atoms with Crippen molar-refractivity contribution in [3.8, 4) is 33.6 Å². The lowest BCUT2D eigenvalue weighted by Crippen LogP contribution is -2.44. The molecule has 0 radical (unpaired) electrons. The van der Waals surface area contributed by atoms with Crippen LogP contribution in [-0.2, 0) is 9.53 Å². The lowest BCUT2D eigenvalue weighted by molar-refractivity contribution is -0.143. The number of hydrogen-bond donors (Lipinski definition) is 4. The number of amides is 2. The van der Waals surface area contributed by atoms with Crippen LogP contribution in [0.1, 0.15) is 63.3 Å². The highest BCUT2D eigenvalue weighted by molar-refractivity contribution is 5.84. The molecule has 11 heteroatoms. The number of rotatable bonds is 8. The van der Waals surface area contributed by atoms with Gasteiger partial charge in [-0.25, -0.2) is 19.2 Å². The molecule has 4 aromatic rings. The third-order valence-corrected chi connectivity index (χ3v) is 8.31. The average Bonchev–Trinajstić information content (AvgIpc) is 3.81. The molecule has 10 nitrogen and oxygen atoms in total. The van der Waals surface area contributed by atoms with E-state index in [2.05, 4.69) is 25.3 Å². The van der Waals surface area contributed by atoms with Crippen LogP contribution in [0, 0.1) is 11.7 Å². The second-order valence-corrected chi connectivity index (χ2v) is 11.6. The van der Waals surface area contributed by atoms with E-state index in [1.54, 1.807) is 29.4 Å². The first-order valence-electron chi connectivity index (χ1n) is 14.8. The van der Waals surface area contributed by atoms with Crippen LogP contribution in [0.25, 0.3) is 33.6 Å². The predicted molar refractivity (Wildman–Crippen MR) is 160 cm³/mol. The zero-order chi connectivity index (χ0) is 30.1. The summed E-state index contributed by atoms with van der Waals surface area (Å²) in [5.41, 5.74) is 9.75. The van der Waals surface area contributed by atoms with Crippen molar-refractivity contribution in [3.63, 3.8) is 0 Å². The molecule has 2 aromatic carbocycles. The lowest BCUT2D eigenvalue weighted by Gasteiger charge is -2.29. The number of nitrogens with zero attached hydrogens (tertiary/aromatic N) is 3. The van der Waals surface area contributed by atoms with E-state index in [1.807, 2.05) is 44.2 Å². The summed E-state index contributed by atoms with van der Waals surface area (Å²) in [6.45, 7) is 5.15. The molecule has 224 valence electrons. The minimum absolute atomic E-state index is 0.195. The molecule has 2 saturated heterocycles. The van der Waals surface area contributed by atoms with Gasteiger partial charge in [-0.15, -0.1) is 0 Å². The van der Waals surface area contributed by atoms with Crippen molar-refractivity contribution >= 4 is 12.0 Å². The molecule has 2 aliphatic rings. The summed E-state index contributed by atoms with van der Waals surface area (Å²) in [5, 5.41) is 3.41. The zero-order valence-electron chi connectivity index (χ0n) is 24.3. The number of halogens is 1. The maximum Gasteiger partial charge on any atom is 0.405 e. The number of ether oxygens (including phenoxy) is 1. The summed E-state index contributed by atoms with van der Waals surface area (Å²) >= 11 is 0. The second-order valence-electron chi connectivity index (χ2n) is 11.6. The van der Waals surface area contributed by atoms with Crippen LogP contribution in [0.15, 0.2) is 54.9 Å². The topological polar surface area (TPSA) is 142 Å². The van der Waals surface area contributed by atoms with E-state index >= 15 is 4.39 Å². The smallest absolute Gasteiger partial charge is 0.405 e. The molecule has 2 fully saturated rings. The van der Waals surface area contributed by atoms with E-state index in [9.17, 15) is 9.59 Å². The third-order valence-electron chi connectivity index (χ3n) is 8.31. The predicted octanol–water partition coefficient (Wildman–Crippen LogP) is 5.48. The molecule has 4 heterocycles. The maximum atomic E-state index is 15.2. The van der Waals surface area contributed by atoms with Crippen molar-refractivity contribution in [1.82, 2.24) is 30.2 Å². The fraction of sp³-hybridized carbons (Fsp3) is 0.375. The molecular formula is C32H36FN7O3. The minimum Gasteiger partial charge on any atom is -0.436 e.